The number of hydrogen-bond acceptors (Lipinski definition) is 5. The third kappa shape index (κ3) is 4.02. The third-order valence-corrected chi connectivity index (χ3v) is 7.25. The van der Waals surface area contributed by atoms with Gasteiger partial charge in [0.25, 0.3) is 0 Å². The van der Waals surface area contributed by atoms with Gasteiger partial charge in [0.1, 0.15) is 11.3 Å². The number of nitrogens with zero attached hydrogens (tertiary/aromatic N) is 6. The highest BCUT2D eigenvalue weighted by molar-refractivity contribution is 6.34. The van der Waals surface area contributed by atoms with Gasteiger partial charge in [-0.15, -0.1) is 0 Å². The van der Waals surface area contributed by atoms with E-state index in [0.717, 1.165) is 67.9 Å². The van der Waals surface area contributed by atoms with Crippen LogP contribution in [-0.2, 0) is 4.79 Å². The van der Waals surface area contributed by atoms with E-state index in [1.54, 1.807) is 17.8 Å². The molecule has 2 aliphatic heterocycles. The zero-order valence-corrected chi connectivity index (χ0v) is 19.8. The van der Waals surface area contributed by atoms with Crippen molar-refractivity contribution in [1.29, 1.82) is 0 Å². The minimum atomic E-state index is 0.0438. The number of piperidine rings is 1. The van der Waals surface area contributed by atoms with Crippen molar-refractivity contribution in [3.05, 3.63) is 48.0 Å². The second-order valence-corrected chi connectivity index (χ2v) is 9.42. The van der Waals surface area contributed by atoms with E-state index in [4.69, 9.17) is 21.4 Å². The SMILES string of the molecule is C=CC(=O)N1CC(CN2CCC(n3ncc(-c4cc(OC)c5c(Cl)cnn5c4)c3C)CC2)C1. The number of ether oxygens (including phenoxy) is 1. The number of halogens is 1. The van der Waals surface area contributed by atoms with Crippen LogP contribution >= 0.6 is 11.6 Å². The Bertz CT molecular complexity index is 1190. The fourth-order valence-electron chi connectivity index (χ4n) is 5.13. The van der Waals surface area contributed by atoms with E-state index in [-0.39, 0.29) is 5.91 Å². The smallest absolute Gasteiger partial charge is 0.245 e. The van der Waals surface area contributed by atoms with Crippen molar-refractivity contribution >= 4 is 23.0 Å². The zero-order chi connectivity index (χ0) is 23.1. The number of methoxy groups -OCH3 is 1. The molecule has 0 saturated carbocycles. The lowest BCUT2D eigenvalue weighted by molar-refractivity contribution is -0.132. The van der Waals surface area contributed by atoms with Gasteiger partial charge < -0.3 is 14.5 Å². The van der Waals surface area contributed by atoms with Gasteiger partial charge in [-0.05, 0) is 31.9 Å². The molecule has 174 valence electrons. The summed E-state index contributed by atoms with van der Waals surface area (Å²) in [4.78, 5) is 16.0. The molecule has 8 nitrogen and oxygen atoms in total. The lowest BCUT2D eigenvalue weighted by atomic mass is 9.97. The fourth-order valence-corrected chi connectivity index (χ4v) is 5.36. The van der Waals surface area contributed by atoms with Crippen LogP contribution in [0.2, 0.25) is 5.02 Å². The fraction of sp³-hybridized carbons (Fsp3) is 0.458. The molecule has 0 unspecified atom stereocenters. The van der Waals surface area contributed by atoms with Crippen molar-refractivity contribution in [1.82, 2.24) is 29.2 Å². The molecule has 33 heavy (non-hydrogen) atoms. The topological polar surface area (TPSA) is 67.9 Å². The molecular weight excluding hydrogens is 440 g/mol. The molecule has 5 rings (SSSR count). The molecule has 5 heterocycles. The first-order valence-electron chi connectivity index (χ1n) is 11.4. The van der Waals surface area contributed by atoms with Crippen LogP contribution in [-0.4, -0.2) is 74.9 Å². The van der Waals surface area contributed by atoms with Gasteiger partial charge in [-0.3, -0.25) is 9.48 Å². The van der Waals surface area contributed by atoms with Gasteiger partial charge in [0.05, 0.1) is 30.6 Å². The molecule has 3 aromatic rings. The maximum absolute atomic E-state index is 11.6. The van der Waals surface area contributed by atoms with Gasteiger partial charge in [0.2, 0.25) is 5.91 Å². The Morgan fingerprint density at radius 2 is 2.03 bits per heavy atom. The molecule has 0 N–H and O–H groups in total. The quantitative estimate of drug-likeness (QED) is 0.518. The second kappa shape index (κ2) is 8.83. The predicted molar refractivity (Wildman–Crippen MR) is 128 cm³/mol. The molecule has 0 bridgehead atoms. The summed E-state index contributed by atoms with van der Waals surface area (Å²) in [5, 5.41) is 9.67. The number of rotatable bonds is 6. The van der Waals surface area contributed by atoms with Crippen LogP contribution in [0.25, 0.3) is 16.6 Å². The molecule has 0 spiro atoms. The Kier molecular flexibility index (Phi) is 5.88. The standard InChI is InChI=1S/C24H29ClN6O2/c1-4-23(32)29-13-17(14-29)12-28-7-5-19(6-8-28)31-16(2)20(10-27-31)18-9-22(33-3)24-21(25)11-26-30(24)15-18/h4,9-11,15,17,19H,1,5-8,12-14H2,2-3H3. The van der Waals surface area contributed by atoms with E-state index >= 15 is 0 Å². The number of aromatic nitrogens is 4. The van der Waals surface area contributed by atoms with E-state index in [0.29, 0.717) is 22.7 Å². The van der Waals surface area contributed by atoms with Crippen LogP contribution in [0.3, 0.4) is 0 Å². The lowest BCUT2D eigenvalue weighted by Crippen LogP contribution is -2.54. The number of likely N-dealkylation sites (tertiary alicyclic amines) is 2. The van der Waals surface area contributed by atoms with Gasteiger partial charge in [-0.1, -0.05) is 18.2 Å². The largest absolute Gasteiger partial charge is 0.494 e. The summed E-state index contributed by atoms with van der Waals surface area (Å²) >= 11 is 6.27. The summed E-state index contributed by atoms with van der Waals surface area (Å²) < 4.78 is 9.50. The third-order valence-electron chi connectivity index (χ3n) is 6.97. The van der Waals surface area contributed by atoms with E-state index in [2.05, 4.69) is 28.2 Å². The summed E-state index contributed by atoms with van der Waals surface area (Å²) in [6.45, 7) is 10.6. The van der Waals surface area contributed by atoms with Crippen LogP contribution in [0.1, 0.15) is 24.6 Å². The minimum absolute atomic E-state index is 0.0438. The number of carbonyl (C=O) groups is 1. The Balaban J connectivity index is 1.25. The monoisotopic (exact) mass is 468 g/mol. The molecule has 0 aliphatic carbocycles. The van der Waals surface area contributed by atoms with Gasteiger partial charge in [0, 0.05) is 61.7 Å². The predicted octanol–water partition coefficient (Wildman–Crippen LogP) is 3.45. The summed E-state index contributed by atoms with van der Waals surface area (Å²) in [5.74, 6) is 1.31. The maximum Gasteiger partial charge on any atom is 0.245 e. The van der Waals surface area contributed by atoms with Crippen molar-refractivity contribution in [2.45, 2.75) is 25.8 Å². The first kappa shape index (κ1) is 22.0. The highest BCUT2D eigenvalue weighted by atomic mass is 35.5. The number of fused-ring (bicyclic) bond motifs is 1. The van der Waals surface area contributed by atoms with E-state index in [1.165, 1.54) is 6.08 Å². The van der Waals surface area contributed by atoms with Gasteiger partial charge in [0.15, 0.2) is 0 Å². The molecular formula is C24H29ClN6O2. The van der Waals surface area contributed by atoms with Crippen molar-refractivity contribution < 1.29 is 9.53 Å². The van der Waals surface area contributed by atoms with E-state index in [1.807, 2.05) is 23.4 Å². The van der Waals surface area contributed by atoms with Crippen molar-refractivity contribution in [3.8, 4) is 16.9 Å². The highest BCUT2D eigenvalue weighted by Crippen LogP contribution is 2.34. The molecule has 2 fully saturated rings. The van der Waals surface area contributed by atoms with Crippen LogP contribution in [0, 0.1) is 12.8 Å². The molecule has 1 amide bonds. The van der Waals surface area contributed by atoms with E-state index in [9.17, 15) is 4.79 Å². The van der Waals surface area contributed by atoms with Crippen molar-refractivity contribution in [2.24, 2.45) is 5.92 Å². The van der Waals surface area contributed by atoms with Crippen molar-refractivity contribution in [3.63, 3.8) is 0 Å². The first-order valence-corrected chi connectivity index (χ1v) is 11.7. The van der Waals surface area contributed by atoms with Gasteiger partial charge >= 0.3 is 0 Å². The molecule has 0 radical (unpaired) electrons. The van der Waals surface area contributed by atoms with Crippen LogP contribution in [0.4, 0.5) is 0 Å². The Morgan fingerprint density at radius 1 is 1.27 bits per heavy atom. The maximum atomic E-state index is 11.6. The Morgan fingerprint density at radius 3 is 2.73 bits per heavy atom. The summed E-state index contributed by atoms with van der Waals surface area (Å²) in [6.07, 6.45) is 9.08. The Hall–Kier alpha value is -2.84. The molecule has 2 saturated heterocycles. The second-order valence-electron chi connectivity index (χ2n) is 9.02. The number of amides is 1. The van der Waals surface area contributed by atoms with Crippen LogP contribution < -0.4 is 4.74 Å². The first-order chi connectivity index (χ1) is 16.0. The van der Waals surface area contributed by atoms with Gasteiger partial charge in [-0.2, -0.15) is 10.2 Å². The zero-order valence-electron chi connectivity index (χ0n) is 19.1. The molecule has 9 heteroatoms. The lowest BCUT2D eigenvalue weighted by Gasteiger charge is -2.42. The molecule has 0 aromatic carbocycles. The molecule has 2 aliphatic rings. The van der Waals surface area contributed by atoms with Crippen LogP contribution in [0.15, 0.2) is 37.3 Å². The normalized spacial score (nSPS) is 18.0. The summed E-state index contributed by atoms with van der Waals surface area (Å²) in [6, 6.07) is 2.39. The summed E-state index contributed by atoms with van der Waals surface area (Å²) in [7, 11) is 1.64. The number of carbonyl (C=O) groups excluding carboxylic acids is 1. The molecule has 0 atom stereocenters. The van der Waals surface area contributed by atoms with Gasteiger partial charge in [-0.25, -0.2) is 4.52 Å². The van der Waals surface area contributed by atoms with Crippen LogP contribution in [0.5, 0.6) is 5.75 Å². The minimum Gasteiger partial charge on any atom is -0.494 e. The number of pyridine rings is 1. The highest BCUT2D eigenvalue weighted by Gasteiger charge is 2.32. The Labute approximate surface area is 198 Å². The molecule has 3 aromatic heterocycles. The summed E-state index contributed by atoms with van der Waals surface area (Å²) in [5.41, 5.74) is 3.99. The number of hydrogen-bond donors (Lipinski definition) is 0. The van der Waals surface area contributed by atoms with Crippen molar-refractivity contribution in [2.75, 3.05) is 39.8 Å². The van der Waals surface area contributed by atoms with E-state index < -0.39 is 0 Å². The average molecular weight is 469 g/mol. The average Bonchev–Trinajstić information content (AvgIpc) is 3.38.